The van der Waals surface area contributed by atoms with Gasteiger partial charge in [0.25, 0.3) is 0 Å². The second kappa shape index (κ2) is 52.8. The number of aliphatic hydroxyl groups excluding tert-OH is 5. The molecule has 9 nitrogen and oxygen atoms in total. The molecule has 0 aromatic carbocycles. The topological polar surface area (TPSA) is 149 Å². The molecule has 6 N–H and O–H groups in total. The molecule has 0 spiro atoms. The third-order valence-corrected chi connectivity index (χ3v) is 14.0. The summed E-state index contributed by atoms with van der Waals surface area (Å²) in [5.41, 5.74) is 0. The normalized spacial score (nSPS) is 19.7. The van der Waals surface area contributed by atoms with Gasteiger partial charge in [-0.3, -0.25) is 4.79 Å². The first kappa shape index (κ1) is 68.4. The van der Waals surface area contributed by atoms with Gasteiger partial charge in [0.2, 0.25) is 5.91 Å². The summed E-state index contributed by atoms with van der Waals surface area (Å²) in [4.78, 5) is 13.1. The second-order valence-electron chi connectivity index (χ2n) is 20.8. The van der Waals surface area contributed by atoms with Gasteiger partial charge in [-0.15, -0.1) is 0 Å². The van der Waals surface area contributed by atoms with Crippen molar-refractivity contribution < 1.29 is 39.8 Å². The molecule has 1 fully saturated rings. The van der Waals surface area contributed by atoms with E-state index in [1.807, 2.05) is 0 Å². The molecule has 0 aromatic rings. The zero-order valence-electron chi connectivity index (χ0n) is 46.9. The van der Waals surface area contributed by atoms with Crippen LogP contribution in [0, 0.1) is 0 Å². The van der Waals surface area contributed by atoms with Gasteiger partial charge in [0.05, 0.1) is 25.4 Å². The number of carbonyl (C=O) groups excluding carboxylic acids is 1. The second-order valence-corrected chi connectivity index (χ2v) is 20.8. The summed E-state index contributed by atoms with van der Waals surface area (Å²) in [6.45, 7) is 3.72. The van der Waals surface area contributed by atoms with E-state index in [1.165, 1.54) is 141 Å². The van der Waals surface area contributed by atoms with E-state index in [1.54, 1.807) is 0 Å². The minimum atomic E-state index is -1.57. The number of hydrogen-bond acceptors (Lipinski definition) is 8. The van der Waals surface area contributed by atoms with Gasteiger partial charge < -0.3 is 40.3 Å². The number of unbranched alkanes of at least 4 members (excludes halogenated alkanes) is 27. The third-order valence-electron chi connectivity index (χ3n) is 14.0. The number of aliphatic hydroxyl groups is 5. The van der Waals surface area contributed by atoms with Crippen LogP contribution >= 0.6 is 0 Å². The first-order valence-corrected chi connectivity index (χ1v) is 30.3. The standard InChI is InChI=1S/C64H113NO8/c1-3-5-7-9-11-13-15-17-19-21-23-25-27-29-31-33-35-37-39-41-43-45-47-49-51-53-58(67)57(56-72-64-63(71)62(70)61(69)59(55-66)73-64)65-60(68)54-52-50-48-46-44-42-40-38-36-34-32-30-28-26-24-22-20-18-16-14-12-10-8-6-4-2/h6,8,12,14,18,20,24,26,30,32,36,38,42,44,57-59,61-64,66-67,69-71H,3-5,7,9-11,13,15-17,19,21-23,25,27-29,31,33-35,37,39-41,43,45-56H2,1-2H3,(H,65,68)/b8-6-,14-12-,20-18-,26-24-,32-30-,38-36-,44-42-. The van der Waals surface area contributed by atoms with Crippen molar-refractivity contribution in [3.63, 3.8) is 0 Å². The lowest BCUT2D eigenvalue weighted by atomic mass is 9.99. The summed E-state index contributed by atoms with van der Waals surface area (Å²) in [7, 11) is 0. The highest BCUT2D eigenvalue weighted by Crippen LogP contribution is 2.23. The fourth-order valence-electron chi connectivity index (χ4n) is 9.26. The van der Waals surface area contributed by atoms with E-state index in [2.05, 4.69) is 104 Å². The Labute approximate surface area is 448 Å². The van der Waals surface area contributed by atoms with Gasteiger partial charge in [-0.1, -0.05) is 266 Å². The monoisotopic (exact) mass is 1020 g/mol. The highest BCUT2D eigenvalue weighted by atomic mass is 16.7. The van der Waals surface area contributed by atoms with Gasteiger partial charge in [0.15, 0.2) is 6.29 Å². The first-order chi connectivity index (χ1) is 35.8. The number of rotatable bonds is 51. The van der Waals surface area contributed by atoms with Gasteiger partial charge in [0.1, 0.15) is 24.4 Å². The van der Waals surface area contributed by atoms with Crippen molar-refractivity contribution in [1.29, 1.82) is 0 Å². The smallest absolute Gasteiger partial charge is 0.220 e. The van der Waals surface area contributed by atoms with E-state index >= 15 is 0 Å². The van der Waals surface area contributed by atoms with Crippen LogP contribution < -0.4 is 5.32 Å². The summed E-state index contributed by atoms with van der Waals surface area (Å²) in [6.07, 6.45) is 67.5. The lowest BCUT2D eigenvalue weighted by Gasteiger charge is -2.40. The average Bonchev–Trinajstić information content (AvgIpc) is 3.39. The third kappa shape index (κ3) is 42.2. The summed E-state index contributed by atoms with van der Waals surface area (Å²) in [5, 5.41) is 54.7. The molecule has 0 radical (unpaired) electrons. The number of hydrogen-bond donors (Lipinski definition) is 6. The van der Waals surface area contributed by atoms with Crippen LogP contribution in [-0.2, 0) is 14.3 Å². The summed E-state index contributed by atoms with van der Waals surface area (Å²) < 4.78 is 11.3. The van der Waals surface area contributed by atoms with E-state index in [9.17, 15) is 30.3 Å². The molecule has 422 valence electrons. The first-order valence-electron chi connectivity index (χ1n) is 30.3. The Hall–Kier alpha value is -2.63. The van der Waals surface area contributed by atoms with Gasteiger partial charge in [-0.2, -0.15) is 0 Å². The van der Waals surface area contributed by atoms with Crippen LogP contribution in [0.25, 0.3) is 0 Å². The molecule has 7 atom stereocenters. The minimum absolute atomic E-state index is 0.156. The molecule has 0 bridgehead atoms. The number of nitrogens with one attached hydrogen (secondary N) is 1. The lowest BCUT2D eigenvalue weighted by Crippen LogP contribution is -2.60. The van der Waals surface area contributed by atoms with Crippen LogP contribution in [0.4, 0.5) is 0 Å². The Bertz CT molecular complexity index is 1420. The van der Waals surface area contributed by atoms with Crippen LogP contribution in [0.5, 0.6) is 0 Å². The number of allylic oxidation sites excluding steroid dienone is 14. The maximum absolute atomic E-state index is 13.1. The Kier molecular flexibility index (Phi) is 49.5. The molecule has 9 heteroatoms. The van der Waals surface area contributed by atoms with Crippen molar-refractivity contribution in [1.82, 2.24) is 5.32 Å². The van der Waals surface area contributed by atoms with Crippen LogP contribution in [0.1, 0.15) is 258 Å². The van der Waals surface area contributed by atoms with Crippen LogP contribution in [0.3, 0.4) is 0 Å². The van der Waals surface area contributed by atoms with E-state index < -0.39 is 49.5 Å². The van der Waals surface area contributed by atoms with E-state index in [-0.39, 0.29) is 12.5 Å². The fourth-order valence-corrected chi connectivity index (χ4v) is 9.26. The van der Waals surface area contributed by atoms with Crippen molar-refractivity contribution in [2.75, 3.05) is 13.2 Å². The molecule has 7 unspecified atom stereocenters. The fraction of sp³-hybridized carbons (Fsp3) is 0.766. The van der Waals surface area contributed by atoms with Crippen LogP contribution in [0.15, 0.2) is 85.1 Å². The molecule has 1 rings (SSSR count). The summed E-state index contributed by atoms with van der Waals surface area (Å²) in [5.74, 6) is -0.176. The number of amides is 1. The molecule has 0 aliphatic carbocycles. The average molecular weight is 1020 g/mol. The van der Waals surface area contributed by atoms with Crippen molar-refractivity contribution in [2.45, 2.75) is 301 Å². The largest absolute Gasteiger partial charge is 0.394 e. The van der Waals surface area contributed by atoms with E-state index in [4.69, 9.17) is 9.47 Å². The molecule has 1 aliphatic heterocycles. The predicted molar refractivity (Wildman–Crippen MR) is 308 cm³/mol. The molecule has 0 aromatic heterocycles. The molecule has 1 aliphatic rings. The summed E-state index contributed by atoms with van der Waals surface area (Å²) in [6, 6.07) is -0.744. The van der Waals surface area contributed by atoms with Crippen molar-refractivity contribution in [3.8, 4) is 0 Å². The maximum Gasteiger partial charge on any atom is 0.220 e. The molecule has 73 heavy (non-hydrogen) atoms. The highest BCUT2D eigenvalue weighted by molar-refractivity contribution is 5.76. The Balaban J connectivity index is 2.24. The van der Waals surface area contributed by atoms with Gasteiger partial charge >= 0.3 is 0 Å². The van der Waals surface area contributed by atoms with Crippen molar-refractivity contribution >= 4 is 5.91 Å². The minimum Gasteiger partial charge on any atom is -0.394 e. The molecule has 1 saturated heterocycles. The molecule has 0 saturated carbocycles. The Morgan fingerprint density at radius 3 is 1.25 bits per heavy atom. The van der Waals surface area contributed by atoms with Gasteiger partial charge in [-0.05, 0) is 70.6 Å². The zero-order valence-corrected chi connectivity index (χ0v) is 46.9. The van der Waals surface area contributed by atoms with Gasteiger partial charge in [0, 0.05) is 6.42 Å². The zero-order chi connectivity index (χ0) is 52.9. The molecular formula is C64H113NO8. The van der Waals surface area contributed by atoms with Crippen molar-refractivity contribution in [3.05, 3.63) is 85.1 Å². The number of ether oxygens (including phenoxy) is 2. The van der Waals surface area contributed by atoms with E-state index in [0.717, 1.165) is 89.9 Å². The Morgan fingerprint density at radius 1 is 0.479 bits per heavy atom. The van der Waals surface area contributed by atoms with Gasteiger partial charge in [-0.25, -0.2) is 0 Å². The number of carbonyl (C=O) groups is 1. The summed E-state index contributed by atoms with van der Waals surface area (Å²) >= 11 is 0. The lowest BCUT2D eigenvalue weighted by molar-refractivity contribution is -0.302. The maximum atomic E-state index is 13.1. The molecular weight excluding hydrogens is 911 g/mol. The van der Waals surface area contributed by atoms with Crippen LogP contribution in [-0.4, -0.2) is 87.5 Å². The van der Waals surface area contributed by atoms with Crippen LogP contribution in [0.2, 0.25) is 0 Å². The van der Waals surface area contributed by atoms with E-state index in [0.29, 0.717) is 12.8 Å². The Morgan fingerprint density at radius 2 is 0.849 bits per heavy atom. The van der Waals surface area contributed by atoms with Crippen molar-refractivity contribution in [2.24, 2.45) is 0 Å². The SMILES string of the molecule is CC/C=C\C/C=C\C/C=C\C/C=C\C/C=C\C/C=C\C/C=C\CCCCCC(=O)NC(COC1OC(CO)C(O)C(O)C1O)C(O)CCCCCCCCCCCCCCCCCCCCCCCCCCC. The predicted octanol–water partition coefficient (Wildman–Crippen LogP) is 15.4. The quantitative estimate of drug-likeness (QED) is 0.0261. The highest BCUT2D eigenvalue weighted by Gasteiger charge is 2.44. The molecule has 1 heterocycles. The molecule has 1 amide bonds.